The van der Waals surface area contributed by atoms with Gasteiger partial charge in [0.1, 0.15) is 12.2 Å². The molecule has 0 bridgehead atoms. The first kappa shape index (κ1) is 45.8. The first-order chi connectivity index (χ1) is 24.0. The van der Waals surface area contributed by atoms with E-state index in [1.165, 1.54) is 154 Å². The molecule has 1 aliphatic heterocycles. The molecule has 7 heteroatoms. The summed E-state index contributed by atoms with van der Waals surface area (Å²) in [6, 6.07) is 0. The number of carbonyl (C=O) groups excluding carboxylic acids is 2. The van der Waals surface area contributed by atoms with Crippen molar-refractivity contribution in [1.29, 1.82) is 0 Å². The van der Waals surface area contributed by atoms with Crippen molar-refractivity contribution in [2.24, 2.45) is 0 Å². The van der Waals surface area contributed by atoms with Crippen LogP contribution in [-0.4, -0.2) is 59.8 Å². The normalized spacial score (nSPS) is 18.2. The molecule has 7 nitrogen and oxygen atoms in total. The highest BCUT2D eigenvalue weighted by Crippen LogP contribution is 2.24. The summed E-state index contributed by atoms with van der Waals surface area (Å²) in [5.41, 5.74) is 0. The number of unbranched alkanes of at least 4 members (excludes halogenated alkanes) is 28. The van der Waals surface area contributed by atoms with E-state index < -0.39 is 31.0 Å². The number of aliphatic hydroxyl groups excluding tert-OH is 2. The largest absolute Gasteiger partial charge is 0.457 e. The molecule has 0 aliphatic carbocycles. The molecule has 0 amide bonds. The molecule has 0 aromatic carbocycles. The van der Waals surface area contributed by atoms with Crippen molar-refractivity contribution in [3.05, 3.63) is 0 Å². The molecule has 0 spiro atoms. The minimum atomic E-state index is -1.00. The topological polar surface area (TPSA) is 102 Å². The van der Waals surface area contributed by atoms with Gasteiger partial charge in [-0.05, 0) is 12.8 Å². The van der Waals surface area contributed by atoms with E-state index in [1.807, 2.05) is 0 Å². The van der Waals surface area contributed by atoms with Gasteiger partial charge in [-0.3, -0.25) is 9.59 Å². The van der Waals surface area contributed by atoms with Crippen molar-refractivity contribution < 1.29 is 34.0 Å². The van der Waals surface area contributed by atoms with Crippen LogP contribution in [0.15, 0.2) is 0 Å². The maximum Gasteiger partial charge on any atom is 0.306 e. The molecule has 1 aliphatic rings. The van der Waals surface area contributed by atoms with Crippen LogP contribution >= 0.6 is 0 Å². The van der Waals surface area contributed by atoms with Gasteiger partial charge in [0.2, 0.25) is 0 Å². The van der Waals surface area contributed by atoms with Gasteiger partial charge in [0.15, 0.2) is 12.2 Å². The Balaban J connectivity index is 2.08. The molecule has 1 fully saturated rings. The lowest BCUT2D eigenvalue weighted by atomic mass is 10.0. The first-order valence-electron chi connectivity index (χ1n) is 21.3. The SMILES string of the molecule is CCCCCCCCCCCCCCCCCC(=O)OC(CO)C1OCC(O)C1OC(=O)CCCCCCCCCCCCCCCCC. The predicted octanol–water partition coefficient (Wildman–Crippen LogP) is 11.1. The summed E-state index contributed by atoms with van der Waals surface area (Å²) in [6.07, 6.45) is 34.7. The number of aliphatic hydroxyl groups is 2. The lowest BCUT2D eigenvalue weighted by Gasteiger charge is -2.27. The van der Waals surface area contributed by atoms with Crippen molar-refractivity contribution in [3.63, 3.8) is 0 Å². The summed E-state index contributed by atoms with van der Waals surface area (Å²) in [7, 11) is 0. The molecule has 0 aromatic rings. The van der Waals surface area contributed by atoms with Crippen LogP contribution in [0, 0.1) is 0 Å². The third kappa shape index (κ3) is 26.3. The second-order valence-corrected chi connectivity index (χ2v) is 14.9. The van der Waals surface area contributed by atoms with Crippen LogP contribution in [0.1, 0.15) is 219 Å². The van der Waals surface area contributed by atoms with Crippen molar-refractivity contribution in [2.45, 2.75) is 244 Å². The zero-order valence-corrected chi connectivity index (χ0v) is 32.3. The Morgan fingerprint density at radius 2 is 0.878 bits per heavy atom. The second-order valence-electron chi connectivity index (χ2n) is 14.9. The Hall–Kier alpha value is -1.18. The van der Waals surface area contributed by atoms with E-state index in [2.05, 4.69) is 13.8 Å². The van der Waals surface area contributed by atoms with E-state index in [0.29, 0.717) is 0 Å². The van der Waals surface area contributed by atoms with Crippen molar-refractivity contribution in [3.8, 4) is 0 Å². The molecule has 4 atom stereocenters. The van der Waals surface area contributed by atoms with Crippen LogP contribution in [0.2, 0.25) is 0 Å². The summed E-state index contributed by atoms with van der Waals surface area (Å²) in [6.45, 7) is 4.06. The number of ether oxygens (including phenoxy) is 3. The lowest BCUT2D eigenvalue weighted by Crippen LogP contribution is -2.45. The van der Waals surface area contributed by atoms with E-state index in [9.17, 15) is 19.8 Å². The zero-order chi connectivity index (χ0) is 35.6. The quantitative estimate of drug-likeness (QED) is 0.0496. The summed E-state index contributed by atoms with van der Waals surface area (Å²) >= 11 is 0. The van der Waals surface area contributed by atoms with Crippen LogP contribution in [0.4, 0.5) is 0 Å². The third-order valence-electron chi connectivity index (χ3n) is 10.2. The molecular weight excluding hydrogens is 616 g/mol. The fourth-order valence-corrected chi connectivity index (χ4v) is 7.01. The fourth-order valence-electron chi connectivity index (χ4n) is 7.01. The smallest absolute Gasteiger partial charge is 0.306 e. The molecule has 290 valence electrons. The highest BCUT2D eigenvalue weighted by Gasteiger charge is 2.45. The summed E-state index contributed by atoms with van der Waals surface area (Å²) in [5, 5.41) is 20.4. The molecular formula is C42H80O7. The lowest BCUT2D eigenvalue weighted by molar-refractivity contribution is -0.171. The number of rotatable bonds is 36. The van der Waals surface area contributed by atoms with Gasteiger partial charge in [0.25, 0.3) is 0 Å². The Morgan fingerprint density at radius 3 is 1.22 bits per heavy atom. The maximum atomic E-state index is 12.6. The molecule has 4 unspecified atom stereocenters. The number of hydrogen-bond acceptors (Lipinski definition) is 7. The van der Waals surface area contributed by atoms with Crippen LogP contribution in [0.5, 0.6) is 0 Å². The number of esters is 2. The third-order valence-corrected chi connectivity index (χ3v) is 10.2. The molecule has 1 saturated heterocycles. The summed E-state index contributed by atoms with van der Waals surface area (Å²) < 4.78 is 16.8. The van der Waals surface area contributed by atoms with Gasteiger partial charge < -0.3 is 24.4 Å². The van der Waals surface area contributed by atoms with Gasteiger partial charge in [-0.2, -0.15) is 0 Å². The van der Waals surface area contributed by atoms with Crippen LogP contribution in [-0.2, 0) is 23.8 Å². The zero-order valence-electron chi connectivity index (χ0n) is 32.3. The van der Waals surface area contributed by atoms with E-state index in [0.717, 1.165) is 38.5 Å². The summed E-state index contributed by atoms with van der Waals surface area (Å²) in [5.74, 6) is -0.767. The molecule has 0 aromatic heterocycles. The molecule has 49 heavy (non-hydrogen) atoms. The Morgan fingerprint density at radius 1 is 0.551 bits per heavy atom. The minimum absolute atomic E-state index is 0.0192. The first-order valence-corrected chi connectivity index (χ1v) is 21.3. The second kappa shape index (κ2) is 33.9. The Labute approximate surface area is 302 Å². The van der Waals surface area contributed by atoms with E-state index in [4.69, 9.17) is 14.2 Å². The van der Waals surface area contributed by atoms with Gasteiger partial charge >= 0.3 is 11.9 Å². The average molecular weight is 697 g/mol. The Kier molecular flexibility index (Phi) is 31.7. The van der Waals surface area contributed by atoms with Crippen LogP contribution in [0.25, 0.3) is 0 Å². The molecule has 2 N–H and O–H groups in total. The van der Waals surface area contributed by atoms with Crippen LogP contribution < -0.4 is 0 Å². The van der Waals surface area contributed by atoms with Crippen molar-refractivity contribution in [1.82, 2.24) is 0 Å². The van der Waals surface area contributed by atoms with E-state index in [-0.39, 0.29) is 31.4 Å². The molecule has 0 radical (unpaired) electrons. The maximum absolute atomic E-state index is 12.6. The predicted molar refractivity (Wildman–Crippen MR) is 202 cm³/mol. The minimum Gasteiger partial charge on any atom is -0.457 e. The van der Waals surface area contributed by atoms with Gasteiger partial charge in [-0.1, -0.05) is 194 Å². The standard InChI is InChI=1S/C42H80O7/c1-3-5-7-9-11-13-15-17-19-21-23-25-27-29-31-33-39(45)48-38(35-43)42-41(37(44)36-47-42)49-40(46)34-32-30-28-26-24-22-20-18-16-14-12-10-8-6-4-2/h37-38,41-44H,3-36H2,1-2H3. The van der Waals surface area contributed by atoms with Crippen LogP contribution in [0.3, 0.4) is 0 Å². The monoisotopic (exact) mass is 697 g/mol. The van der Waals surface area contributed by atoms with E-state index in [1.54, 1.807) is 0 Å². The van der Waals surface area contributed by atoms with Gasteiger partial charge in [-0.15, -0.1) is 0 Å². The molecule has 0 saturated carbocycles. The fraction of sp³-hybridized carbons (Fsp3) is 0.952. The van der Waals surface area contributed by atoms with Gasteiger partial charge in [0, 0.05) is 12.8 Å². The average Bonchev–Trinajstić information content (AvgIpc) is 3.45. The van der Waals surface area contributed by atoms with Crippen molar-refractivity contribution >= 4 is 11.9 Å². The molecule has 1 heterocycles. The molecule has 1 rings (SSSR count). The Bertz CT molecular complexity index is 745. The van der Waals surface area contributed by atoms with Gasteiger partial charge in [0.05, 0.1) is 13.2 Å². The highest BCUT2D eigenvalue weighted by atomic mass is 16.6. The van der Waals surface area contributed by atoms with E-state index >= 15 is 0 Å². The van der Waals surface area contributed by atoms with Gasteiger partial charge in [-0.25, -0.2) is 0 Å². The van der Waals surface area contributed by atoms with Crippen molar-refractivity contribution in [2.75, 3.05) is 13.2 Å². The number of hydrogen-bond donors (Lipinski definition) is 2. The summed E-state index contributed by atoms with van der Waals surface area (Å²) in [4.78, 5) is 25.1. The highest BCUT2D eigenvalue weighted by molar-refractivity contribution is 5.70. The number of carbonyl (C=O) groups is 2.